The van der Waals surface area contributed by atoms with Crippen LogP contribution >= 0.6 is 35.6 Å². The third kappa shape index (κ3) is 4.53. The van der Waals surface area contributed by atoms with Crippen molar-refractivity contribution in [3.8, 4) is 0 Å². The fourth-order valence-corrected chi connectivity index (χ4v) is 1.95. The molecule has 6 heteroatoms. The Balaban J connectivity index is 0.00000180. The molecule has 0 bridgehead atoms. The molecule has 0 saturated carbocycles. The van der Waals surface area contributed by atoms with E-state index in [4.69, 9.17) is 23.2 Å². The van der Waals surface area contributed by atoms with Crippen LogP contribution in [-0.4, -0.2) is 15.3 Å². The Hall–Kier alpha value is -1.03. The molecule has 0 N–H and O–H groups in total. The van der Waals surface area contributed by atoms with Gasteiger partial charge in [-0.3, -0.25) is 4.79 Å². The lowest BCUT2D eigenvalue weighted by Gasteiger charge is -2.03. The van der Waals surface area contributed by atoms with Crippen molar-refractivity contribution in [3.05, 3.63) is 52.5 Å². The number of Topliss-reactive ketones (excluding diaryl/α,β-unsaturated/α-hetero) is 1. The second kappa shape index (κ2) is 7.53. The normalized spacial score (nSPS) is 10.0. The molecule has 0 unspecified atom stereocenters. The fraction of sp³-hybridized carbons (Fsp3) is 0.231. The second-order valence-corrected chi connectivity index (χ2v) is 4.69. The smallest absolute Gasteiger partial charge is 0.166 e. The molecule has 2 aromatic rings. The van der Waals surface area contributed by atoms with Gasteiger partial charge in [-0.15, -0.1) is 12.4 Å². The number of aromatic nitrogens is 2. The zero-order valence-corrected chi connectivity index (χ0v) is 12.4. The van der Waals surface area contributed by atoms with Gasteiger partial charge in [-0.1, -0.05) is 53.5 Å². The second-order valence-electron chi connectivity index (χ2n) is 3.98. The number of rotatable bonds is 5. The average molecular weight is 320 g/mol. The minimum atomic E-state index is 0. The number of carbonyl (C=O) groups is 1. The van der Waals surface area contributed by atoms with Gasteiger partial charge in [-0.25, -0.2) is 4.98 Å². The molecule has 0 spiro atoms. The van der Waals surface area contributed by atoms with Gasteiger partial charge < -0.3 is 4.57 Å². The van der Waals surface area contributed by atoms with Crippen molar-refractivity contribution < 1.29 is 4.79 Å². The number of aryl methyl sites for hydroxylation is 1. The van der Waals surface area contributed by atoms with Crippen LogP contribution in [0.4, 0.5) is 0 Å². The van der Waals surface area contributed by atoms with Crippen molar-refractivity contribution in [2.75, 3.05) is 0 Å². The lowest BCUT2D eigenvalue weighted by Crippen LogP contribution is -2.10. The van der Waals surface area contributed by atoms with Gasteiger partial charge in [0.2, 0.25) is 0 Å². The number of hydrogen-bond donors (Lipinski definition) is 0. The first-order valence-corrected chi connectivity index (χ1v) is 6.34. The SMILES string of the molecule is Cl.O=C(CCc1ccccc1)Cn1cnc(Cl)c1Cl. The zero-order chi connectivity index (χ0) is 13.0. The van der Waals surface area contributed by atoms with Gasteiger partial charge in [0.1, 0.15) is 5.15 Å². The Morgan fingerprint density at radius 3 is 2.47 bits per heavy atom. The van der Waals surface area contributed by atoms with Crippen molar-refractivity contribution in [3.63, 3.8) is 0 Å². The Kier molecular flexibility index (Phi) is 6.35. The van der Waals surface area contributed by atoms with Gasteiger partial charge in [0.15, 0.2) is 10.9 Å². The van der Waals surface area contributed by atoms with Gasteiger partial charge >= 0.3 is 0 Å². The van der Waals surface area contributed by atoms with Gasteiger partial charge in [-0.05, 0) is 12.0 Å². The van der Waals surface area contributed by atoms with E-state index >= 15 is 0 Å². The third-order valence-electron chi connectivity index (χ3n) is 2.61. The predicted molar refractivity (Wildman–Crippen MR) is 79.3 cm³/mol. The maximum absolute atomic E-state index is 11.8. The highest BCUT2D eigenvalue weighted by atomic mass is 35.5. The van der Waals surface area contributed by atoms with Crippen molar-refractivity contribution >= 4 is 41.4 Å². The average Bonchev–Trinajstić information content (AvgIpc) is 2.70. The van der Waals surface area contributed by atoms with E-state index in [2.05, 4.69) is 4.98 Å². The van der Waals surface area contributed by atoms with E-state index in [1.165, 1.54) is 6.33 Å². The molecule has 0 aliphatic carbocycles. The monoisotopic (exact) mass is 318 g/mol. The van der Waals surface area contributed by atoms with Crippen molar-refractivity contribution in [2.24, 2.45) is 0 Å². The number of halogens is 3. The summed E-state index contributed by atoms with van der Waals surface area (Å²) in [6.07, 6.45) is 2.70. The first-order chi connectivity index (χ1) is 8.66. The van der Waals surface area contributed by atoms with E-state index in [1.807, 2.05) is 30.3 Å². The summed E-state index contributed by atoms with van der Waals surface area (Å²) in [5, 5.41) is 0.539. The molecule has 1 aromatic carbocycles. The number of nitrogens with zero attached hydrogens (tertiary/aromatic N) is 2. The zero-order valence-electron chi connectivity index (χ0n) is 10.1. The summed E-state index contributed by atoms with van der Waals surface area (Å²) in [5.74, 6) is 0.106. The topological polar surface area (TPSA) is 34.9 Å². The largest absolute Gasteiger partial charge is 0.313 e. The first-order valence-electron chi connectivity index (χ1n) is 5.58. The van der Waals surface area contributed by atoms with Crippen LogP contribution in [0.5, 0.6) is 0 Å². The molecule has 0 aliphatic rings. The predicted octanol–water partition coefficient (Wildman–Crippen LogP) is 3.81. The Morgan fingerprint density at radius 2 is 1.89 bits per heavy atom. The number of carbonyl (C=O) groups excluding carboxylic acids is 1. The lowest BCUT2D eigenvalue weighted by molar-refractivity contribution is -0.119. The molecule has 102 valence electrons. The Bertz CT molecular complexity index is 540. The highest BCUT2D eigenvalue weighted by molar-refractivity contribution is 6.40. The molecule has 3 nitrogen and oxygen atoms in total. The summed E-state index contributed by atoms with van der Waals surface area (Å²) in [6, 6.07) is 9.90. The molecule has 2 rings (SSSR count). The molecule has 0 saturated heterocycles. The highest BCUT2D eigenvalue weighted by Gasteiger charge is 2.09. The standard InChI is InChI=1S/C13H12Cl2N2O.ClH/c14-12-13(15)17(9-16-12)8-11(18)7-6-10-4-2-1-3-5-10;/h1-5,9H,6-8H2;1H. The van der Waals surface area contributed by atoms with E-state index in [9.17, 15) is 4.79 Å². The van der Waals surface area contributed by atoms with Crippen molar-refractivity contribution in [1.29, 1.82) is 0 Å². The summed E-state index contributed by atoms with van der Waals surface area (Å²) in [4.78, 5) is 15.6. The van der Waals surface area contributed by atoms with Gasteiger partial charge in [0, 0.05) is 6.42 Å². The molecule has 1 heterocycles. The quantitative estimate of drug-likeness (QED) is 0.840. The van der Waals surface area contributed by atoms with Gasteiger partial charge in [-0.2, -0.15) is 0 Å². The summed E-state index contributed by atoms with van der Waals surface area (Å²) < 4.78 is 1.55. The van der Waals surface area contributed by atoms with E-state index in [1.54, 1.807) is 4.57 Å². The maximum Gasteiger partial charge on any atom is 0.166 e. The van der Waals surface area contributed by atoms with Crippen LogP contribution in [0, 0.1) is 0 Å². The van der Waals surface area contributed by atoms with Crippen LogP contribution in [0.1, 0.15) is 12.0 Å². The van der Waals surface area contributed by atoms with Crippen LogP contribution in [0.2, 0.25) is 10.3 Å². The summed E-state index contributed by atoms with van der Waals surface area (Å²) in [5.41, 5.74) is 1.15. The molecule has 0 radical (unpaired) electrons. The molecule has 0 amide bonds. The van der Waals surface area contributed by atoms with E-state index in [0.717, 1.165) is 12.0 Å². The number of benzene rings is 1. The van der Waals surface area contributed by atoms with Crippen LogP contribution in [-0.2, 0) is 17.8 Å². The first kappa shape index (κ1) is 16.0. The molecule has 0 aliphatic heterocycles. The Labute approximate surface area is 128 Å². The minimum absolute atomic E-state index is 0. The van der Waals surface area contributed by atoms with Crippen molar-refractivity contribution in [2.45, 2.75) is 19.4 Å². The summed E-state index contributed by atoms with van der Waals surface area (Å²) in [6.45, 7) is 0.214. The lowest BCUT2D eigenvalue weighted by atomic mass is 10.1. The van der Waals surface area contributed by atoms with Crippen LogP contribution in [0.25, 0.3) is 0 Å². The fourth-order valence-electron chi connectivity index (χ4n) is 1.65. The van der Waals surface area contributed by atoms with E-state index < -0.39 is 0 Å². The van der Waals surface area contributed by atoms with E-state index in [0.29, 0.717) is 11.6 Å². The molecular formula is C13H13Cl3N2O. The molecular weight excluding hydrogens is 307 g/mol. The van der Waals surface area contributed by atoms with Crippen LogP contribution < -0.4 is 0 Å². The van der Waals surface area contributed by atoms with Gasteiger partial charge in [0.25, 0.3) is 0 Å². The molecule has 0 atom stereocenters. The summed E-state index contributed by atoms with van der Waals surface area (Å²) in [7, 11) is 0. The molecule has 0 fully saturated rings. The number of hydrogen-bond acceptors (Lipinski definition) is 2. The maximum atomic E-state index is 11.8. The highest BCUT2D eigenvalue weighted by Crippen LogP contribution is 2.19. The number of imidazole rings is 1. The molecule has 1 aromatic heterocycles. The number of ketones is 1. The van der Waals surface area contributed by atoms with Crippen LogP contribution in [0.3, 0.4) is 0 Å². The van der Waals surface area contributed by atoms with Gasteiger partial charge in [0.05, 0.1) is 12.9 Å². The van der Waals surface area contributed by atoms with Crippen molar-refractivity contribution in [1.82, 2.24) is 9.55 Å². The Morgan fingerprint density at radius 1 is 1.21 bits per heavy atom. The summed E-state index contributed by atoms with van der Waals surface area (Å²) >= 11 is 11.6. The third-order valence-corrected chi connectivity index (χ3v) is 3.38. The minimum Gasteiger partial charge on any atom is -0.313 e. The van der Waals surface area contributed by atoms with E-state index in [-0.39, 0.29) is 29.9 Å². The van der Waals surface area contributed by atoms with Crippen LogP contribution in [0.15, 0.2) is 36.7 Å². The molecule has 19 heavy (non-hydrogen) atoms.